The number of aromatic amines is 1. The highest BCUT2D eigenvalue weighted by atomic mass is 32.2. The van der Waals surface area contributed by atoms with E-state index < -0.39 is 17.1 Å². The lowest BCUT2D eigenvalue weighted by Gasteiger charge is -2.04. The molecule has 3 rings (SSSR count). The number of aliphatic carboxylic acids is 1. The van der Waals surface area contributed by atoms with E-state index in [2.05, 4.69) is 20.5 Å². The Morgan fingerprint density at radius 3 is 3.05 bits per heavy atom. The molecule has 1 atom stereocenters. The number of H-pyrrole nitrogens is 1. The van der Waals surface area contributed by atoms with Gasteiger partial charge in [0.25, 0.3) is 0 Å². The summed E-state index contributed by atoms with van der Waals surface area (Å²) < 4.78 is 0. The molecule has 1 amide bonds. The monoisotopic (exact) mass is 315 g/mol. The number of fused-ring (bicyclic) bond motifs is 1. The number of hydrogen-bond acceptors (Lipinski definition) is 6. The number of benzene rings is 1. The van der Waals surface area contributed by atoms with E-state index in [1.807, 2.05) is 30.5 Å². The summed E-state index contributed by atoms with van der Waals surface area (Å²) in [6, 6.07) is 7.78. The molecular formula is C14H11N4O3S-. The van der Waals surface area contributed by atoms with Crippen LogP contribution in [0.4, 0.5) is 0 Å². The van der Waals surface area contributed by atoms with Crippen LogP contribution in [0.15, 0.2) is 40.7 Å². The van der Waals surface area contributed by atoms with Crippen molar-refractivity contribution >= 4 is 45.9 Å². The molecule has 112 valence electrons. The lowest BCUT2D eigenvalue weighted by molar-refractivity contribution is -0.305. The van der Waals surface area contributed by atoms with Crippen LogP contribution in [-0.4, -0.2) is 33.5 Å². The van der Waals surface area contributed by atoms with Gasteiger partial charge in [-0.1, -0.05) is 30.0 Å². The third kappa shape index (κ3) is 3.01. The molecule has 0 spiro atoms. The van der Waals surface area contributed by atoms with Crippen LogP contribution in [0.2, 0.25) is 0 Å². The van der Waals surface area contributed by atoms with Gasteiger partial charge in [0, 0.05) is 35.1 Å². The van der Waals surface area contributed by atoms with Crippen molar-refractivity contribution in [3.63, 3.8) is 0 Å². The standard InChI is InChI=1S/C14H12N4O3S/c19-12(20)5-11-13(21)17-14(22-11)18-16-7-8-6-15-10-4-2-1-3-9(8)10/h1-4,6-7,11,15H,5H2,(H,19,20)(H,17,18,21)/p-1/b16-7+/t11-/m0/s1. The first kappa shape index (κ1) is 14.3. The van der Waals surface area contributed by atoms with Crippen molar-refractivity contribution in [2.45, 2.75) is 11.7 Å². The summed E-state index contributed by atoms with van der Waals surface area (Å²) in [5.41, 5.74) is 1.87. The lowest BCUT2D eigenvalue weighted by Crippen LogP contribution is -2.31. The molecule has 0 bridgehead atoms. The Balaban J connectivity index is 1.72. The molecule has 1 fully saturated rings. The maximum absolute atomic E-state index is 11.5. The van der Waals surface area contributed by atoms with Gasteiger partial charge in [-0.05, 0) is 6.07 Å². The molecule has 2 N–H and O–H groups in total. The summed E-state index contributed by atoms with van der Waals surface area (Å²) in [5.74, 6) is -1.66. The Morgan fingerprint density at radius 2 is 2.23 bits per heavy atom. The van der Waals surface area contributed by atoms with Crippen LogP contribution in [0.25, 0.3) is 10.9 Å². The number of para-hydroxylation sites is 1. The van der Waals surface area contributed by atoms with E-state index in [9.17, 15) is 14.7 Å². The molecule has 0 radical (unpaired) electrons. The Labute approximate surface area is 129 Å². The number of rotatable bonds is 4. The second-order valence-electron chi connectivity index (χ2n) is 4.61. The van der Waals surface area contributed by atoms with Gasteiger partial charge in [0.1, 0.15) is 0 Å². The average Bonchev–Trinajstić information content (AvgIpc) is 3.04. The van der Waals surface area contributed by atoms with Crippen molar-refractivity contribution in [3.05, 3.63) is 36.0 Å². The van der Waals surface area contributed by atoms with Crippen LogP contribution in [0.3, 0.4) is 0 Å². The molecule has 2 heterocycles. The van der Waals surface area contributed by atoms with Crippen LogP contribution in [0, 0.1) is 0 Å². The fourth-order valence-electron chi connectivity index (χ4n) is 2.08. The van der Waals surface area contributed by atoms with Gasteiger partial charge in [-0.15, -0.1) is 5.10 Å². The second kappa shape index (κ2) is 6.02. The first-order valence-electron chi connectivity index (χ1n) is 6.48. The Hall–Kier alpha value is -2.61. The smallest absolute Gasteiger partial charge is 0.239 e. The van der Waals surface area contributed by atoms with Crippen LogP contribution in [-0.2, 0) is 9.59 Å². The molecule has 8 heteroatoms. The molecule has 2 aromatic rings. The number of amidine groups is 1. The van der Waals surface area contributed by atoms with Crippen molar-refractivity contribution in [3.8, 4) is 0 Å². The first-order chi connectivity index (χ1) is 10.6. The highest BCUT2D eigenvalue weighted by Crippen LogP contribution is 2.22. The van der Waals surface area contributed by atoms with Crippen molar-refractivity contribution in [2.24, 2.45) is 10.2 Å². The fraction of sp³-hybridized carbons (Fsp3) is 0.143. The van der Waals surface area contributed by atoms with Crippen LogP contribution in [0.5, 0.6) is 0 Å². The Bertz CT molecular complexity index is 796. The molecule has 22 heavy (non-hydrogen) atoms. The predicted molar refractivity (Wildman–Crippen MR) is 82.5 cm³/mol. The molecular weight excluding hydrogens is 304 g/mol. The number of carbonyl (C=O) groups excluding carboxylic acids is 2. The number of aromatic nitrogens is 1. The van der Waals surface area contributed by atoms with Gasteiger partial charge >= 0.3 is 0 Å². The van der Waals surface area contributed by atoms with Crippen molar-refractivity contribution < 1.29 is 14.7 Å². The van der Waals surface area contributed by atoms with Gasteiger partial charge in [0.15, 0.2) is 5.17 Å². The van der Waals surface area contributed by atoms with Gasteiger partial charge < -0.3 is 20.2 Å². The number of nitrogens with one attached hydrogen (secondary N) is 2. The number of thioether (sulfide) groups is 1. The number of hydrogen-bond donors (Lipinski definition) is 2. The van der Waals surface area contributed by atoms with E-state index in [0.29, 0.717) is 0 Å². The predicted octanol–water partition coefficient (Wildman–Crippen LogP) is 0.229. The maximum atomic E-state index is 11.5. The SMILES string of the molecule is O=C([O-])C[C@@H]1S/C(=N/N=C/c2c[nH]c3ccccc23)NC1=O. The molecule has 7 nitrogen and oxygen atoms in total. The van der Waals surface area contributed by atoms with E-state index in [4.69, 9.17) is 0 Å². The molecule has 1 aromatic heterocycles. The topological polar surface area (TPSA) is 110 Å². The van der Waals surface area contributed by atoms with E-state index in [-0.39, 0.29) is 11.6 Å². The van der Waals surface area contributed by atoms with E-state index in [1.54, 1.807) is 6.21 Å². The van der Waals surface area contributed by atoms with Crippen molar-refractivity contribution in [1.29, 1.82) is 0 Å². The number of amides is 1. The average molecular weight is 315 g/mol. The van der Waals surface area contributed by atoms with E-state index in [0.717, 1.165) is 28.2 Å². The largest absolute Gasteiger partial charge is 0.550 e. The summed E-state index contributed by atoms with van der Waals surface area (Å²) >= 11 is 1.03. The molecule has 1 aliphatic rings. The number of carboxylic acid groups (broad SMARTS) is 1. The highest BCUT2D eigenvalue weighted by Gasteiger charge is 2.30. The van der Waals surface area contributed by atoms with Crippen LogP contribution < -0.4 is 10.4 Å². The second-order valence-corrected chi connectivity index (χ2v) is 5.80. The molecule has 1 aliphatic heterocycles. The summed E-state index contributed by atoms with van der Waals surface area (Å²) in [7, 11) is 0. The minimum atomic E-state index is -1.27. The zero-order valence-electron chi connectivity index (χ0n) is 11.3. The zero-order chi connectivity index (χ0) is 15.5. The lowest BCUT2D eigenvalue weighted by atomic mass is 10.2. The highest BCUT2D eigenvalue weighted by molar-refractivity contribution is 8.15. The summed E-state index contributed by atoms with van der Waals surface area (Å²) in [6.07, 6.45) is 3.04. The molecule has 0 unspecified atom stereocenters. The van der Waals surface area contributed by atoms with Gasteiger partial charge in [-0.25, -0.2) is 0 Å². The Kier molecular flexibility index (Phi) is 3.92. The third-order valence-electron chi connectivity index (χ3n) is 3.10. The van der Waals surface area contributed by atoms with Gasteiger partial charge in [0.05, 0.1) is 11.5 Å². The summed E-state index contributed by atoms with van der Waals surface area (Å²) in [5, 5.41) is 21.4. The van der Waals surface area contributed by atoms with Gasteiger partial charge in [-0.3, -0.25) is 4.79 Å². The first-order valence-corrected chi connectivity index (χ1v) is 7.36. The molecule has 0 saturated carbocycles. The van der Waals surface area contributed by atoms with E-state index in [1.165, 1.54) is 0 Å². The van der Waals surface area contributed by atoms with Crippen LogP contribution in [0.1, 0.15) is 12.0 Å². The minimum absolute atomic E-state index is 0.285. The zero-order valence-corrected chi connectivity index (χ0v) is 12.1. The van der Waals surface area contributed by atoms with Crippen molar-refractivity contribution in [1.82, 2.24) is 10.3 Å². The Morgan fingerprint density at radius 1 is 1.41 bits per heavy atom. The van der Waals surface area contributed by atoms with Gasteiger partial charge in [0.2, 0.25) is 5.91 Å². The number of carboxylic acids is 1. The minimum Gasteiger partial charge on any atom is -0.550 e. The fourth-order valence-corrected chi connectivity index (χ4v) is 2.99. The number of nitrogens with zero attached hydrogens (tertiary/aromatic N) is 2. The molecule has 1 aromatic carbocycles. The van der Waals surface area contributed by atoms with Gasteiger partial charge in [-0.2, -0.15) is 5.10 Å². The quantitative estimate of drug-likeness (QED) is 0.621. The van der Waals surface area contributed by atoms with E-state index >= 15 is 0 Å². The summed E-state index contributed by atoms with van der Waals surface area (Å²) in [4.78, 5) is 25.2. The maximum Gasteiger partial charge on any atom is 0.239 e. The normalized spacial score (nSPS) is 20.1. The molecule has 1 saturated heterocycles. The number of carbonyl (C=O) groups is 2. The third-order valence-corrected chi connectivity index (χ3v) is 4.17. The van der Waals surface area contributed by atoms with Crippen molar-refractivity contribution in [2.75, 3.05) is 0 Å². The van der Waals surface area contributed by atoms with Crippen LogP contribution >= 0.6 is 11.8 Å². The molecule has 0 aliphatic carbocycles. The summed E-state index contributed by atoms with van der Waals surface area (Å²) in [6.45, 7) is 0.